The van der Waals surface area contributed by atoms with Crippen LogP contribution in [-0.4, -0.2) is 73.2 Å². The Labute approximate surface area is 125 Å². The van der Waals surface area contributed by atoms with Crippen molar-refractivity contribution < 1.29 is 9.53 Å². The number of pyridine rings is 1. The van der Waals surface area contributed by atoms with Crippen LogP contribution < -0.4 is 5.32 Å². The molecule has 2 aliphatic heterocycles. The normalized spacial score (nSPS) is 23.3. The van der Waals surface area contributed by atoms with Gasteiger partial charge >= 0.3 is 0 Å². The molecule has 3 rings (SSSR count). The van der Waals surface area contributed by atoms with E-state index in [4.69, 9.17) is 4.74 Å². The van der Waals surface area contributed by atoms with Gasteiger partial charge in [0.2, 0.25) is 0 Å². The predicted octanol–water partition coefficient (Wildman–Crippen LogP) is 0.670. The third-order valence-electron chi connectivity index (χ3n) is 4.33. The third kappa shape index (κ3) is 3.01. The minimum atomic E-state index is 0.0949. The first-order valence-electron chi connectivity index (χ1n) is 7.52. The maximum Gasteiger partial charge on any atom is 0.256 e. The zero-order valence-electron chi connectivity index (χ0n) is 12.4. The van der Waals surface area contributed by atoms with E-state index in [1.807, 2.05) is 11.9 Å². The highest BCUT2D eigenvalue weighted by Crippen LogP contribution is 2.21. The molecule has 6 heteroatoms. The lowest BCUT2D eigenvalue weighted by atomic mass is 10.2. The van der Waals surface area contributed by atoms with Crippen LogP contribution in [0.4, 0.5) is 5.69 Å². The Morgan fingerprint density at radius 2 is 2.19 bits per heavy atom. The Hall–Kier alpha value is -1.66. The third-order valence-corrected chi connectivity index (χ3v) is 4.33. The van der Waals surface area contributed by atoms with E-state index in [0.717, 1.165) is 51.5 Å². The molecule has 2 fully saturated rings. The molecule has 0 aromatic carbocycles. The number of ether oxygens (including phenoxy) is 1. The summed E-state index contributed by atoms with van der Waals surface area (Å²) in [7, 11) is 1.81. The maximum absolute atomic E-state index is 12.7. The summed E-state index contributed by atoms with van der Waals surface area (Å²) in [5, 5.41) is 3.04. The van der Waals surface area contributed by atoms with Crippen molar-refractivity contribution >= 4 is 11.6 Å². The van der Waals surface area contributed by atoms with E-state index >= 15 is 0 Å². The summed E-state index contributed by atoms with van der Waals surface area (Å²) in [5.74, 6) is 0.0949. The molecule has 1 N–H and O–H groups in total. The second-order valence-corrected chi connectivity index (χ2v) is 5.51. The smallest absolute Gasteiger partial charge is 0.256 e. The molecule has 21 heavy (non-hydrogen) atoms. The van der Waals surface area contributed by atoms with E-state index in [-0.39, 0.29) is 5.91 Å². The fourth-order valence-electron chi connectivity index (χ4n) is 3.12. The molecular formula is C15H22N4O2. The fourth-order valence-corrected chi connectivity index (χ4v) is 3.12. The van der Waals surface area contributed by atoms with Gasteiger partial charge in [-0.15, -0.1) is 0 Å². The molecular weight excluding hydrogens is 268 g/mol. The van der Waals surface area contributed by atoms with Crippen LogP contribution in [0.25, 0.3) is 0 Å². The molecule has 0 bridgehead atoms. The summed E-state index contributed by atoms with van der Waals surface area (Å²) >= 11 is 0. The number of carbonyl (C=O) groups excluding carboxylic acids is 1. The molecule has 0 spiro atoms. The average Bonchev–Trinajstić information content (AvgIpc) is 3.05. The number of nitrogens with zero attached hydrogens (tertiary/aromatic N) is 3. The van der Waals surface area contributed by atoms with E-state index < -0.39 is 0 Å². The van der Waals surface area contributed by atoms with Crippen LogP contribution in [0.15, 0.2) is 18.5 Å². The van der Waals surface area contributed by atoms with Crippen molar-refractivity contribution in [1.82, 2.24) is 14.8 Å². The van der Waals surface area contributed by atoms with Gasteiger partial charge in [0, 0.05) is 45.5 Å². The second kappa shape index (κ2) is 6.41. The van der Waals surface area contributed by atoms with Gasteiger partial charge in [0.05, 0.1) is 30.7 Å². The summed E-state index contributed by atoms with van der Waals surface area (Å²) in [4.78, 5) is 21.1. The highest BCUT2D eigenvalue weighted by molar-refractivity contribution is 5.99. The van der Waals surface area contributed by atoms with E-state index in [0.29, 0.717) is 11.6 Å². The van der Waals surface area contributed by atoms with Crippen molar-refractivity contribution in [2.45, 2.75) is 12.5 Å². The molecule has 1 amide bonds. The van der Waals surface area contributed by atoms with Gasteiger partial charge in [-0.05, 0) is 12.5 Å². The SMILES string of the molecule is CNc1cnccc1C(=O)N1CCC(N2CCOCC2)C1. The predicted molar refractivity (Wildman–Crippen MR) is 80.5 cm³/mol. The largest absolute Gasteiger partial charge is 0.386 e. The monoisotopic (exact) mass is 290 g/mol. The standard InChI is InChI=1S/C15H22N4O2/c1-16-14-10-17-4-2-13(14)15(20)19-5-3-12(11-19)18-6-8-21-9-7-18/h2,4,10,12,16H,3,5-9,11H2,1H3. The fraction of sp³-hybridized carbons (Fsp3) is 0.600. The summed E-state index contributed by atoms with van der Waals surface area (Å²) < 4.78 is 5.40. The lowest BCUT2D eigenvalue weighted by Gasteiger charge is -2.32. The van der Waals surface area contributed by atoms with Gasteiger partial charge in [0.1, 0.15) is 0 Å². The maximum atomic E-state index is 12.7. The van der Waals surface area contributed by atoms with Crippen LogP contribution in [-0.2, 0) is 4.74 Å². The number of carbonyl (C=O) groups is 1. The van der Waals surface area contributed by atoms with Crippen molar-refractivity contribution in [2.75, 3.05) is 51.8 Å². The van der Waals surface area contributed by atoms with Gasteiger partial charge in [0.25, 0.3) is 5.91 Å². The van der Waals surface area contributed by atoms with Gasteiger partial charge in [-0.2, -0.15) is 0 Å². The summed E-state index contributed by atoms with van der Waals surface area (Å²) in [6.07, 6.45) is 4.41. The Balaban J connectivity index is 1.66. The molecule has 0 aliphatic carbocycles. The number of aromatic nitrogens is 1. The molecule has 1 aromatic heterocycles. The molecule has 3 heterocycles. The van der Waals surface area contributed by atoms with Crippen LogP contribution in [0.3, 0.4) is 0 Å². The summed E-state index contributed by atoms with van der Waals surface area (Å²) in [6, 6.07) is 2.26. The summed E-state index contributed by atoms with van der Waals surface area (Å²) in [5.41, 5.74) is 1.49. The van der Waals surface area contributed by atoms with Gasteiger partial charge in [-0.25, -0.2) is 0 Å². The Morgan fingerprint density at radius 1 is 1.38 bits per heavy atom. The lowest BCUT2D eigenvalue weighted by molar-refractivity contribution is 0.0185. The number of anilines is 1. The summed E-state index contributed by atoms with van der Waals surface area (Å²) in [6.45, 7) is 5.20. The molecule has 1 unspecified atom stereocenters. The topological polar surface area (TPSA) is 57.7 Å². The molecule has 1 atom stereocenters. The minimum absolute atomic E-state index is 0.0949. The first kappa shape index (κ1) is 14.3. The number of rotatable bonds is 3. The molecule has 2 saturated heterocycles. The lowest BCUT2D eigenvalue weighted by Crippen LogP contribution is -2.45. The molecule has 0 saturated carbocycles. The Bertz CT molecular complexity index is 502. The first-order valence-corrected chi connectivity index (χ1v) is 7.52. The average molecular weight is 290 g/mol. The zero-order valence-corrected chi connectivity index (χ0v) is 12.4. The molecule has 6 nitrogen and oxygen atoms in total. The van der Waals surface area contributed by atoms with Crippen molar-refractivity contribution in [3.8, 4) is 0 Å². The Kier molecular flexibility index (Phi) is 4.36. The van der Waals surface area contributed by atoms with Crippen molar-refractivity contribution in [2.24, 2.45) is 0 Å². The first-order chi connectivity index (χ1) is 10.3. The van der Waals surface area contributed by atoms with Crippen molar-refractivity contribution in [1.29, 1.82) is 0 Å². The highest BCUT2D eigenvalue weighted by Gasteiger charge is 2.32. The van der Waals surface area contributed by atoms with Gasteiger partial charge in [-0.3, -0.25) is 14.7 Å². The van der Waals surface area contributed by atoms with Crippen LogP contribution in [0.5, 0.6) is 0 Å². The number of hydrogen-bond donors (Lipinski definition) is 1. The van der Waals surface area contributed by atoms with Crippen LogP contribution in [0, 0.1) is 0 Å². The number of morpholine rings is 1. The van der Waals surface area contributed by atoms with Crippen LogP contribution in [0.2, 0.25) is 0 Å². The minimum Gasteiger partial charge on any atom is -0.386 e. The molecule has 114 valence electrons. The van der Waals surface area contributed by atoms with Gasteiger partial charge in [-0.1, -0.05) is 0 Å². The molecule has 2 aliphatic rings. The van der Waals surface area contributed by atoms with E-state index in [1.54, 1.807) is 18.5 Å². The highest BCUT2D eigenvalue weighted by atomic mass is 16.5. The zero-order chi connectivity index (χ0) is 14.7. The van der Waals surface area contributed by atoms with Gasteiger partial charge in [0.15, 0.2) is 0 Å². The van der Waals surface area contributed by atoms with Crippen LogP contribution >= 0.6 is 0 Å². The second-order valence-electron chi connectivity index (χ2n) is 5.51. The molecule has 0 radical (unpaired) electrons. The number of amides is 1. The van der Waals surface area contributed by atoms with Gasteiger partial charge < -0.3 is 15.0 Å². The van der Waals surface area contributed by atoms with E-state index in [9.17, 15) is 4.79 Å². The number of hydrogen-bond acceptors (Lipinski definition) is 5. The van der Waals surface area contributed by atoms with Crippen LogP contribution in [0.1, 0.15) is 16.8 Å². The quantitative estimate of drug-likeness (QED) is 0.887. The van der Waals surface area contributed by atoms with Crippen molar-refractivity contribution in [3.63, 3.8) is 0 Å². The Morgan fingerprint density at radius 3 is 2.95 bits per heavy atom. The van der Waals surface area contributed by atoms with E-state index in [2.05, 4.69) is 15.2 Å². The molecule has 1 aromatic rings. The number of nitrogens with one attached hydrogen (secondary N) is 1. The van der Waals surface area contributed by atoms with Crippen molar-refractivity contribution in [3.05, 3.63) is 24.0 Å². The number of likely N-dealkylation sites (tertiary alicyclic amines) is 1. The van der Waals surface area contributed by atoms with E-state index in [1.165, 1.54) is 0 Å².